The van der Waals surface area contributed by atoms with E-state index in [1.807, 2.05) is 37.3 Å². The van der Waals surface area contributed by atoms with Gasteiger partial charge in [-0.05, 0) is 13.3 Å². The van der Waals surface area contributed by atoms with Crippen molar-refractivity contribution in [1.29, 1.82) is 0 Å². The molecule has 3 N–H and O–H groups in total. The third kappa shape index (κ3) is 3.79. The van der Waals surface area contributed by atoms with Crippen LogP contribution >= 0.6 is 11.3 Å². The number of aromatic nitrogens is 1. The van der Waals surface area contributed by atoms with Crippen LogP contribution < -0.4 is 11.1 Å². The zero-order chi connectivity index (χ0) is 16.1. The van der Waals surface area contributed by atoms with Gasteiger partial charge in [-0.2, -0.15) is 4.99 Å². The predicted molar refractivity (Wildman–Crippen MR) is 92.2 cm³/mol. The first-order chi connectivity index (χ1) is 10.5. The molecule has 22 heavy (non-hydrogen) atoms. The van der Waals surface area contributed by atoms with Crippen molar-refractivity contribution < 1.29 is 4.79 Å². The van der Waals surface area contributed by atoms with E-state index in [2.05, 4.69) is 21.9 Å². The van der Waals surface area contributed by atoms with Crippen LogP contribution in [0.15, 0.2) is 47.6 Å². The molecule has 1 aromatic carbocycles. The van der Waals surface area contributed by atoms with Gasteiger partial charge >= 0.3 is 0 Å². The molecule has 0 aliphatic heterocycles. The van der Waals surface area contributed by atoms with Crippen LogP contribution in [0.3, 0.4) is 0 Å². The van der Waals surface area contributed by atoms with Gasteiger partial charge in [-0.15, -0.1) is 0 Å². The number of rotatable bonds is 5. The van der Waals surface area contributed by atoms with Gasteiger partial charge in [-0.1, -0.05) is 55.2 Å². The summed E-state index contributed by atoms with van der Waals surface area (Å²) >= 11 is 1.25. The fourth-order valence-corrected chi connectivity index (χ4v) is 2.68. The minimum Gasteiger partial charge on any atom is -0.387 e. The third-order valence-corrected chi connectivity index (χ3v) is 3.82. The van der Waals surface area contributed by atoms with Gasteiger partial charge in [-0.3, -0.25) is 4.79 Å². The van der Waals surface area contributed by atoms with E-state index in [4.69, 9.17) is 5.73 Å². The average molecular weight is 314 g/mol. The summed E-state index contributed by atoms with van der Waals surface area (Å²) in [7, 11) is 0. The number of benzene rings is 1. The molecule has 6 heteroatoms. The third-order valence-electron chi connectivity index (χ3n) is 2.86. The number of anilines is 1. The van der Waals surface area contributed by atoms with Gasteiger partial charge in [0.25, 0.3) is 5.91 Å². The molecule has 0 saturated carbocycles. The van der Waals surface area contributed by atoms with Crippen molar-refractivity contribution in [3.05, 3.63) is 47.5 Å². The van der Waals surface area contributed by atoms with Crippen LogP contribution in [-0.4, -0.2) is 16.7 Å². The van der Waals surface area contributed by atoms with Crippen molar-refractivity contribution in [2.24, 2.45) is 10.7 Å². The van der Waals surface area contributed by atoms with Gasteiger partial charge in [0.1, 0.15) is 10.7 Å². The number of aliphatic imine (C=N–C) groups is 1. The molecular weight excluding hydrogens is 296 g/mol. The second-order valence-electron chi connectivity index (χ2n) is 4.70. The van der Waals surface area contributed by atoms with Gasteiger partial charge in [0.2, 0.25) is 0 Å². The Morgan fingerprint density at radius 2 is 2.09 bits per heavy atom. The topological polar surface area (TPSA) is 80.4 Å². The molecule has 0 radical (unpaired) electrons. The van der Waals surface area contributed by atoms with Gasteiger partial charge in [-0.25, -0.2) is 4.98 Å². The zero-order valence-electron chi connectivity index (χ0n) is 12.6. The first-order valence-corrected chi connectivity index (χ1v) is 7.69. The molecule has 0 aliphatic carbocycles. The maximum absolute atomic E-state index is 12.3. The largest absolute Gasteiger partial charge is 0.387 e. The van der Waals surface area contributed by atoms with E-state index in [9.17, 15) is 4.79 Å². The number of allylic oxidation sites excluding steroid dienone is 1. The molecule has 0 fully saturated rings. The maximum Gasteiger partial charge on any atom is 0.291 e. The van der Waals surface area contributed by atoms with Crippen LogP contribution in [0.1, 0.15) is 29.9 Å². The smallest absolute Gasteiger partial charge is 0.291 e. The van der Waals surface area contributed by atoms with Gasteiger partial charge in [0.05, 0.1) is 5.69 Å². The van der Waals surface area contributed by atoms with Crippen LogP contribution in [0, 0.1) is 0 Å². The minimum atomic E-state index is -0.383. The molecule has 5 nitrogen and oxygen atoms in total. The highest BCUT2D eigenvalue weighted by molar-refractivity contribution is 7.18. The number of carbonyl (C=O) groups is 1. The number of nitrogens with two attached hydrogens (primary N) is 1. The standard InChI is InChI=1S/C16H18N4OS/c1-4-10(2)18-16-20-13(12-8-6-5-7-9-12)14(22-16)15(21)19-11(3)17/h5-9H,2,4H2,1,3H3,(H,18,20)(H2,17,19,21). The summed E-state index contributed by atoms with van der Waals surface area (Å²) in [5, 5.41) is 3.74. The predicted octanol–water partition coefficient (Wildman–Crippen LogP) is 3.66. The van der Waals surface area contributed by atoms with Crippen LogP contribution in [0.5, 0.6) is 0 Å². The minimum absolute atomic E-state index is 0.227. The quantitative estimate of drug-likeness (QED) is 0.652. The molecule has 1 aromatic heterocycles. The molecule has 2 aromatic rings. The van der Waals surface area contributed by atoms with Crippen molar-refractivity contribution in [2.75, 3.05) is 5.32 Å². The highest BCUT2D eigenvalue weighted by Crippen LogP contribution is 2.32. The Hall–Kier alpha value is -2.47. The Kier molecular flexibility index (Phi) is 5.06. The van der Waals surface area contributed by atoms with E-state index in [-0.39, 0.29) is 11.7 Å². The summed E-state index contributed by atoms with van der Waals surface area (Å²) in [5.41, 5.74) is 7.82. The highest BCUT2D eigenvalue weighted by atomic mass is 32.1. The van der Waals surface area contributed by atoms with Gasteiger partial charge in [0, 0.05) is 11.3 Å². The summed E-state index contributed by atoms with van der Waals surface area (Å²) in [6, 6.07) is 9.53. The van der Waals surface area contributed by atoms with Crippen molar-refractivity contribution in [2.45, 2.75) is 20.3 Å². The summed E-state index contributed by atoms with van der Waals surface area (Å²) in [6.45, 7) is 7.47. The maximum atomic E-state index is 12.3. The lowest BCUT2D eigenvalue weighted by Crippen LogP contribution is -2.09. The SMILES string of the molecule is C=C(CC)Nc1nc(-c2ccccc2)c(C(=O)N=C(C)N)s1. The Balaban J connectivity index is 2.47. The second-order valence-corrected chi connectivity index (χ2v) is 5.70. The van der Waals surface area contributed by atoms with Crippen molar-refractivity contribution in [3.8, 4) is 11.3 Å². The number of hydrogen-bond acceptors (Lipinski definition) is 4. The van der Waals surface area contributed by atoms with E-state index >= 15 is 0 Å². The van der Waals surface area contributed by atoms with E-state index in [0.29, 0.717) is 15.7 Å². The number of nitrogens with zero attached hydrogens (tertiary/aromatic N) is 2. The Morgan fingerprint density at radius 1 is 1.41 bits per heavy atom. The average Bonchev–Trinajstić information content (AvgIpc) is 2.91. The number of amides is 1. The van der Waals surface area contributed by atoms with Gasteiger partial charge < -0.3 is 11.1 Å². The summed E-state index contributed by atoms with van der Waals surface area (Å²) in [5.74, 6) is -0.156. The molecule has 2 rings (SSSR count). The number of hydrogen-bond donors (Lipinski definition) is 2. The monoisotopic (exact) mass is 314 g/mol. The molecule has 114 valence electrons. The molecule has 1 heterocycles. The van der Waals surface area contributed by atoms with E-state index < -0.39 is 0 Å². The molecule has 0 atom stereocenters. The molecule has 0 spiro atoms. The zero-order valence-corrected chi connectivity index (χ0v) is 13.4. The lowest BCUT2D eigenvalue weighted by Gasteiger charge is -2.01. The number of thiazole rings is 1. The lowest BCUT2D eigenvalue weighted by atomic mass is 10.1. The van der Waals surface area contributed by atoms with Crippen molar-refractivity contribution >= 4 is 28.2 Å². The first kappa shape index (κ1) is 15.9. The van der Waals surface area contributed by atoms with E-state index in [0.717, 1.165) is 17.7 Å². The summed E-state index contributed by atoms with van der Waals surface area (Å²) < 4.78 is 0. The first-order valence-electron chi connectivity index (χ1n) is 6.87. The summed E-state index contributed by atoms with van der Waals surface area (Å²) in [6.07, 6.45) is 0.781. The Bertz CT molecular complexity index is 715. The van der Waals surface area contributed by atoms with Crippen LogP contribution in [0.2, 0.25) is 0 Å². The number of amidine groups is 1. The van der Waals surface area contributed by atoms with Crippen molar-refractivity contribution in [1.82, 2.24) is 4.98 Å². The van der Waals surface area contributed by atoms with Crippen LogP contribution in [0.25, 0.3) is 11.3 Å². The summed E-state index contributed by atoms with van der Waals surface area (Å²) in [4.78, 5) is 21.1. The normalized spacial score (nSPS) is 11.3. The van der Waals surface area contributed by atoms with Crippen LogP contribution in [-0.2, 0) is 0 Å². The van der Waals surface area contributed by atoms with Gasteiger partial charge in [0.15, 0.2) is 5.13 Å². The molecule has 0 bridgehead atoms. The fourth-order valence-electron chi connectivity index (χ4n) is 1.76. The molecule has 0 unspecified atom stereocenters. The number of carbonyl (C=O) groups excluding carboxylic acids is 1. The fraction of sp³-hybridized carbons (Fsp3) is 0.188. The molecular formula is C16H18N4OS. The highest BCUT2D eigenvalue weighted by Gasteiger charge is 2.19. The second kappa shape index (κ2) is 7.00. The molecule has 0 aliphatic rings. The van der Waals surface area contributed by atoms with E-state index in [1.165, 1.54) is 11.3 Å². The Morgan fingerprint density at radius 3 is 2.68 bits per heavy atom. The molecule has 0 saturated heterocycles. The molecule has 1 amide bonds. The lowest BCUT2D eigenvalue weighted by molar-refractivity contribution is 0.101. The Labute approximate surface area is 133 Å². The van der Waals surface area contributed by atoms with Crippen LogP contribution in [0.4, 0.5) is 5.13 Å². The van der Waals surface area contributed by atoms with Crippen molar-refractivity contribution in [3.63, 3.8) is 0 Å². The number of nitrogens with one attached hydrogen (secondary N) is 1. The van der Waals surface area contributed by atoms with E-state index in [1.54, 1.807) is 6.92 Å².